The summed E-state index contributed by atoms with van der Waals surface area (Å²) in [5.41, 5.74) is 1.11. The van der Waals surface area contributed by atoms with E-state index in [4.69, 9.17) is 11.6 Å². The summed E-state index contributed by atoms with van der Waals surface area (Å²) in [5.74, 6) is -0.421. The molecule has 1 fully saturated rings. The summed E-state index contributed by atoms with van der Waals surface area (Å²) in [6, 6.07) is 9.65. The van der Waals surface area contributed by atoms with Crippen LogP contribution in [-0.4, -0.2) is 40.8 Å². The van der Waals surface area contributed by atoms with Gasteiger partial charge in [-0.05, 0) is 62.6 Å². The molecular weight excluding hydrogens is 464 g/mol. The van der Waals surface area contributed by atoms with Crippen molar-refractivity contribution in [2.24, 2.45) is 0 Å². The fraction of sp³-hybridized carbons (Fsp3) is 0.348. The zero-order valence-corrected chi connectivity index (χ0v) is 20.0. The third kappa shape index (κ3) is 4.66. The quantitative estimate of drug-likeness (QED) is 0.591. The van der Waals surface area contributed by atoms with E-state index in [1.165, 1.54) is 27.2 Å². The number of hydrogen-bond acceptors (Lipinski definition) is 5. The Hall–Kier alpha value is -2.75. The predicted octanol–water partition coefficient (Wildman–Crippen LogP) is 3.56. The van der Waals surface area contributed by atoms with Crippen LogP contribution in [0.25, 0.3) is 10.9 Å². The molecular formula is C23H25ClN4O4S. The summed E-state index contributed by atoms with van der Waals surface area (Å²) >= 11 is 6.11. The first-order chi connectivity index (χ1) is 15.7. The van der Waals surface area contributed by atoms with Crippen LogP contribution in [-0.2, 0) is 21.4 Å². The highest BCUT2D eigenvalue weighted by molar-refractivity contribution is 7.89. The van der Waals surface area contributed by atoms with Crippen molar-refractivity contribution in [1.29, 1.82) is 0 Å². The topological polar surface area (TPSA) is 101 Å². The van der Waals surface area contributed by atoms with E-state index in [0.717, 1.165) is 24.8 Å². The van der Waals surface area contributed by atoms with E-state index in [-0.39, 0.29) is 17.5 Å². The van der Waals surface area contributed by atoms with Gasteiger partial charge in [0.15, 0.2) is 0 Å². The molecule has 1 saturated heterocycles. The minimum atomic E-state index is -3.67. The molecule has 1 aliphatic rings. The van der Waals surface area contributed by atoms with Crippen molar-refractivity contribution in [3.63, 3.8) is 0 Å². The number of hydrogen-bond donors (Lipinski definition) is 1. The summed E-state index contributed by atoms with van der Waals surface area (Å²) in [4.78, 5) is 29.1. The molecule has 4 rings (SSSR count). The maximum atomic E-state index is 13.2. The van der Waals surface area contributed by atoms with Crippen LogP contribution in [0.1, 0.15) is 31.7 Å². The molecule has 2 heterocycles. The number of rotatable bonds is 5. The van der Waals surface area contributed by atoms with E-state index < -0.39 is 21.6 Å². The number of carbonyl (C=O) groups is 1. The molecule has 0 unspecified atom stereocenters. The van der Waals surface area contributed by atoms with Gasteiger partial charge in [-0.15, -0.1) is 0 Å². The van der Waals surface area contributed by atoms with E-state index in [1.54, 1.807) is 31.2 Å². The highest BCUT2D eigenvalue weighted by Crippen LogP contribution is 2.27. The average Bonchev–Trinajstić information content (AvgIpc) is 2.78. The molecule has 33 heavy (non-hydrogen) atoms. The van der Waals surface area contributed by atoms with Crippen LogP contribution in [0.3, 0.4) is 0 Å². The lowest BCUT2D eigenvalue weighted by molar-refractivity contribution is -0.116. The van der Waals surface area contributed by atoms with Crippen molar-refractivity contribution in [2.45, 2.75) is 50.6 Å². The number of fused-ring (bicyclic) bond motifs is 1. The van der Waals surface area contributed by atoms with Gasteiger partial charge in [-0.2, -0.15) is 4.31 Å². The first-order valence-corrected chi connectivity index (χ1v) is 12.6. The van der Waals surface area contributed by atoms with Gasteiger partial charge in [0, 0.05) is 34.9 Å². The number of nitrogens with zero attached hydrogens (tertiary/aromatic N) is 3. The number of nitrogens with one attached hydrogen (secondary N) is 1. The van der Waals surface area contributed by atoms with Crippen molar-refractivity contribution < 1.29 is 13.2 Å². The van der Waals surface area contributed by atoms with Crippen LogP contribution in [0, 0.1) is 6.92 Å². The highest BCUT2D eigenvalue weighted by Gasteiger charge is 2.31. The van der Waals surface area contributed by atoms with Crippen LogP contribution >= 0.6 is 11.6 Å². The Morgan fingerprint density at radius 2 is 2.03 bits per heavy atom. The zero-order chi connectivity index (χ0) is 23.8. The second-order valence-electron chi connectivity index (χ2n) is 8.27. The molecule has 0 saturated carbocycles. The first-order valence-electron chi connectivity index (χ1n) is 10.7. The monoisotopic (exact) mass is 488 g/mol. The number of anilines is 1. The lowest BCUT2D eigenvalue weighted by Gasteiger charge is -2.32. The third-order valence-corrected chi connectivity index (χ3v) is 8.45. The Morgan fingerprint density at radius 3 is 2.79 bits per heavy atom. The number of amides is 1. The van der Waals surface area contributed by atoms with E-state index in [9.17, 15) is 18.0 Å². The molecule has 2 aromatic carbocycles. The first kappa shape index (κ1) is 23.4. The molecule has 1 aliphatic heterocycles. The molecule has 1 amide bonds. The molecule has 8 nitrogen and oxygen atoms in total. The van der Waals surface area contributed by atoms with E-state index >= 15 is 0 Å². The van der Waals surface area contributed by atoms with Crippen molar-refractivity contribution >= 4 is 44.1 Å². The largest absolute Gasteiger partial charge is 0.348 e. The summed E-state index contributed by atoms with van der Waals surface area (Å²) < 4.78 is 29.1. The van der Waals surface area contributed by atoms with Crippen LogP contribution in [0.15, 0.2) is 52.3 Å². The van der Waals surface area contributed by atoms with Crippen LogP contribution in [0.5, 0.6) is 0 Å². The van der Waals surface area contributed by atoms with Crippen LogP contribution in [0.2, 0.25) is 5.02 Å². The van der Waals surface area contributed by atoms with Crippen LogP contribution < -0.4 is 11.0 Å². The summed E-state index contributed by atoms with van der Waals surface area (Å²) in [5, 5.41) is 3.75. The smallest absolute Gasteiger partial charge is 0.324 e. The van der Waals surface area contributed by atoms with Crippen LogP contribution in [0.4, 0.5) is 5.69 Å². The van der Waals surface area contributed by atoms with Gasteiger partial charge in [-0.1, -0.05) is 24.1 Å². The minimum Gasteiger partial charge on any atom is -0.324 e. The minimum absolute atomic E-state index is 0.0647. The number of sulfonamides is 1. The molecule has 0 bridgehead atoms. The summed E-state index contributed by atoms with van der Waals surface area (Å²) in [6.45, 7) is 3.92. The van der Waals surface area contributed by atoms with E-state index in [2.05, 4.69) is 10.3 Å². The molecule has 3 aromatic rings. The van der Waals surface area contributed by atoms with E-state index in [0.29, 0.717) is 28.2 Å². The molecule has 1 aromatic heterocycles. The number of aromatic nitrogens is 2. The Bertz CT molecular complexity index is 1390. The SMILES string of the molecule is Cc1c(Cl)cccc1NC(=O)Cn1c(=O)ncc2cc(S(=O)(=O)N3CCCC[C@H]3C)ccc21. The number of piperidine rings is 1. The van der Waals surface area contributed by atoms with Gasteiger partial charge in [0.05, 0.1) is 10.4 Å². The van der Waals surface area contributed by atoms with Gasteiger partial charge in [-0.3, -0.25) is 9.36 Å². The fourth-order valence-electron chi connectivity index (χ4n) is 4.13. The molecule has 174 valence electrons. The van der Waals surface area contributed by atoms with Gasteiger partial charge in [0.2, 0.25) is 15.9 Å². The standard InChI is InChI=1S/C23H25ClN4O4S/c1-15-6-3-4-11-28(15)33(31,32)18-9-10-21-17(12-18)13-25-23(30)27(21)14-22(29)26-20-8-5-7-19(24)16(20)2/h5,7-10,12-13,15H,3-4,6,11,14H2,1-2H3,(H,26,29)/t15-/m1/s1. The fourth-order valence-corrected chi connectivity index (χ4v) is 6.04. The Kier molecular flexibility index (Phi) is 6.56. The number of halogens is 1. The number of benzene rings is 2. The Balaban J connectivity index is 1.65. The highest BCUT2D eigenvalue weighted by atomic mass is 35.5. The molecule has 0 radical (unpaired) electrons. The maximum absolute atomic E-state index is 13.2. The second kappa shape index (κ2) is 9.24. The molecule has 1 atom stereocenters. The normalized spacial score (nSPS) is 17.2. The average molecular weight is 489 g/mol. The Morgan fingerprint density at radius 1 is 1.24 bits per heavy atom. The predicted molar refractivity (Wildman–Crippen MR) is 128 cm³/mol. The van der Waals surface area contributed by atoms with Gasteiger partial charge in [0.1, 0.15) is 6.54 Å². The van der Waals surface area contributed by atoms with E-state index in [1.807, 2.05) is 6.92 Å². The van der Waals surface area contributed by atoms with Crippen molar-refractivity contribution in [1.82, 2.24) is 13.9 Å². The van der Waals surface area contributed by atoms with Crippen molar-refractivity contribution in [3.8, 4) is 0 Å². The molecule has 10 heteroatoms. The maximum Gasteiger partial charge on any atom is 0.348 e. The van der Waals surface area contributed by atoms with Gasteiger partial charge < -0.3 is 5.32 Å². The zero-order valence-electron chi connectivity index (χ0n) is 18.4. The lowest BCUT2D eigenvalue weighted by Crippen LogP contribution is -2.41. The third-order valence-electron chi connectivity index (χ3n) is 6.03. The van der Waals surface area contributed by atoms with Gasteiger partial charge in [0.25, 0.3) is 0 Å². The van der Waals surface area contributed by atoms with Gasteiger partial charge in [-0.25, -0.2) is 18.2 Å². The Labute approximate surface area is 197 Å². The van der Waals surface area contributed by atoms with Crippen molar-refractivity contribution in [3.05, 3.63) is 63.7 Å². The number of carbonyl (C=O) groups excluding carboxylic acids is 1. The summed E-state index contributed by atoms with van der Waals surface area (Å²) in [6.07, 6.45) is 4.01. The van der Waals surface area contributed by atoms with Crippen molar-refractivity contribution in [2.75, 3.05) is 11.9 Å². The lowest BCUT2D eigenvalue weighted by atomic mass is 10.1. The summed E-state index contributed by atoms with van der Waals surface area (Å²) in [7, 11) is -3.67. The second-order valence-corrected chi connectivity index (χ2v) is 10.6. The molecule has 0 aliphatic carbocycles. The van der Waals surface area contributed by atoms with Gasteiger partial charge >= 0.3 is 5.69 Å². The molecule has 1 N–H and O–H groups in total. The molecule has 0 spiro atoms.